The molecule has 1 aliphatic rings. The van der Waals surface area contributed by atoms with Gasteiger partial charge in [0.25, 0.3) is 0 Å². The molecule has 3 nitrogen and oxygen atoms in total. The fourth-order valence-corrected chi connectivity index (χ4v) is 6.84. The molecule has 0 aliphatic carbocycles. The molecule has 0 amide bonds. The summed E-state index contributed by atoms with van der Waals surface area (Å²) < 4.78 is 6.68. The van der Waals surface area contributed by atoms with Crippen LogP contribution in [0, 0.1) is 0 Å². The van der Waals surface area contributed by atoms with Crippen LogP contribution in [0.2, 0.25) is 0 Å². The van der Waals surface area contributed by atoms with Crippen LogP contribution in [0.15, 0.2) is 184 Å². The van der Waals surface area contributed by atoms with E-state index < -0.39 is 0 Å². The van der Waals surface area contributed by atoms with Gasteiger partial charge in [0.2, 0.25) is 0 Å². The normalized spacial score (nSPS) is 13.3. The van der Waals surface area contributed by atoms with Crippen LogP contribution in [-0.4, -0.2) is 11.5 Å². The predicted molar refractivity (Wildman–Crippen MR) is 201 cm³/mol. The molecule has 3 heteroatoms. The lowest BCUT2D eigenvalue weighted by Gasteiger charge is -2.09. The predicted octanol–water partition coefficient (Wildman–Crippen LogP) is 11.8. The lowest BCUT2D eigenvalue weighted by molar-refractivity contribution is 0.670. The highest BCUT2D eigenvalue weighted by molar-refractivity contribution is 6.23. The lowest BCUT2D eigenvalue weighted by Crippen LogP contribution is -2.05. The number of amidine groups is 1. The number of rotatable bonds is 5. The van der Waals surface area contributed by atoms with E-state index in [4.69, 9.17) is 14.4 Å². The average Bonchev–Trinajstić information content (AvgIpc) is 3.40. The number of aliphatic imine (C=N–C) groups is 2. The summed E-state index contributed by atoms with van der Waals surface area (Å²) in [4.78, 5) is 10.5. The molecule has 2 heterocycles. The third-order valence-electron chi connectivity index (χ3n) is 9.19. The van der Waals surface area contributed by atoms with E-state index in [2.05, 4.69) is 146 Å². The molecule has 226 valence electrons. The third kappa shape index (κ3) is 4.94. The van der Waals surface area contributed by atoms with Gasteiger partial charge in [-0.05, 0) is 44.7 Å². The summed E-state index contributed by atoms with van der Waals surface area (Å²) >= 11 is 0. The number of para-hydroxylation sites is 1. The van der Waals surface area contributed by atoms with Gasteiger partial charge in [-0.25, -0.2) is 9.98 Å². The van der Waals surface area contributed by atoms with Gasteiger partial charge in [0, 0.05) is 28.3 Å². The van der Waals surface area contributed by atoms with Crippen LogP contribution < -0.4 is 0 Å². The first kappa shape index (κ1) is 27.9. The van der Waals surface area contributed by atoms with Crippen molar-refractivity contribution in [2.45, 2.75) is 6.42 Å². The first-order valence-electron chi connectivity index (χ1n) is 16.3. The molecule has 7 aromatic carbocycles. The molecule has 0 fully saturated rings. The van der Waals surface area contributed by atoms with Crippen molar-refractivity contribution in [3.8, 4) is 22.3 Å². The van der Waals surface area contributed by atoms with Gasteiger partial charge in [-0.2, -0.15) is 0 Å². The van der Waals surface area contributed by atoms with Gasteiger partial charge in [-0.3, -0.25) is 0 Å². The summed E-state index contributed by atoms with van der Waals surface area (Å²) in [6, 6.07) is 57.2. The molecule has 0 saturated heterocycles. The van der Waals surface area contributed by atoms with Crippen molar-refractivity contribution in [3.63, 3.8) is 0 Å². The zero-order chi connectivity index (χ0) is 31.9. The summed E-state index contributed by atoms with van der Waals surface area (Å²) in [7, 11) is 0. The average molecular weight is 615 g/mol. The zero-order valence-electron chi connectivity index (χ0n) is 26.2. The summed E-state index contributed by atoms with van der Waals surface area (Å²) in [6.45, 7) is 0. The maximum atomic E-state index is 6.68. The van der Waals surface area contributed by atoms with Crippen molar-refractivity contribution >= 4 is 50.0 Å². The maximum Gasteiger partial charge on any atom is 0.160 e. The highest BCUT2D eigenvalue weighted by Gasteiger charge is 2.20. The Hall–Kier alpha value is -6.32. The van der Waals surface area contributed by atoms with Crippen LogP contribution in [0.3, 0.4) is 0 Å². The summed E-state index contributed by atoms with van der Waals surface area (Å²) in [5.74, 6) is 0.680. The van der Waals surface area contributed by atoms with E-state index in [1.807, 2.05) is 24.3 Å². The van der Waals surface area contributed by atoms with E-state index in [1.165, 1.54) is 21.9 Å². The molecular formula is C45H30N2O. The molecule has 0 radical (unpaired) electrons. The molecule has 9 rings (SSSR count). The van der Waals surface area contributed by atoms with Gasteiger partial charge in [0.15, 0.2) is 5.84 Å². The number of hydrogen-bond acceptors (Lipinski definition) is 3. The molecule has 0 atom stereocenters. The minimum atomic E-state index is 0.680. The van der Waals surface area contributed by atoms with Crippen molar-refractivity contribution in [3.05, 3.63) is 187 Å². The summed E-state index contributed by atoms with van der Waals surface area (Å²) in [6.07, 6.45) is 2.87. The van der Waals surface area contributed by atoms with Gasteiger partial charge in [0.05, 0.1) is 11.4 Å². The molecule has 0 N–H and O–H groups in total. The second kappa shape index (κ2) is 11.8. The quantitative estimate of drug-likeness (QED) is 0.190. The highest BCUT2D eigenvalue weighted by atomic mass is 16.3. The molecule has 0 bridgehead atoms. The smallest absolute Gasteiger partial charge is 0.160 e. The molecule has 1 aliphatic heterocycles. The van der Waals surface area contributed by atoms with Crippen molar-refractivity contribution in [2.75, 3.05) is 0 Å². The maximum absolute atomic E-state index is 6.68. The van der Waals surface area contributed by atoms with E-state index in [-0.39, 0.29) is 0 Å². The number of furan rings is 1. The Kier molecular flexibility index (Phi) is 6.87. The lowest BCUT2D eigenvalue weighted by atomic mass is 9.95. The van der Waals surface area contributed by atoms with Crippen LogP contribution in [0.4, 0.5) is 0 Å². The molecule has 0 saturated carbocycles. The van der Waals surface area contributed by atoms with Crippen molar-refractivity contribution in [1.82, 2.24) is 0 Å². The van der Waals surface area contributed by atoms with Crippen molar-refractivity contribution in [2.24, 2.45) is 9.98 Å². The van der Waals surface area contributed by atoms with Gasteiger partial charge in [-0.15, -0.1) is 0 Å². The van der Waals surface area contributed by atoms with E-state index in [9.17, 15) is 0 Å². The van der Waals surface area contributed by atoms with Crippen LogP contribution in [-0.2, 0) is 0 Å². The van der Waals surface area contributed by atoms with Gasteiger partial charge < -0.3 is 4.42 Å². The van der Waals surface area contributed by atoms with Crippen molar-refractivity contribution in [1.29, 1.82) is 0 Å². The van der Waals surface area contributed by atoms with E-state index >= 15 is 0 Å². The first-order valence-corrected chi connectivity index (χ1v) is 16.3. The minimum Gasteiger partial charge on any atom is -0.455 e. The SMILES string of the molecule is C1=C(c2ccccc2)N=C(c2cccc3oc4c(-c5ccc(-c6cccc7ccccc67)cc5)cccc4c23)N=C(c2ccccc2)C1. The van der Waals surface area contributed by atoms with E-state index in [0.29, 0.717) is 12.3 Å². The molecule has 1 aromatic heterocycles. The Morgan fingerprint density at radius 2 is 1.04 bits per heavy atom. The molecule has 8 aromatic rings. The number of allylic oxidation sites excluding steroid dienone is 1. The van der Waals surface area contributed by atoms with Gasteiger partial charge in [0.1, 0.15) is 11.2 Å². The third-order valence-corrected chi connectivity index (χ3v) is 9.19. The fraction of sp³-hybridized carbons (Fsp3) is 0.0222. The Morgan fingerprint density at radius 1 is 0.438 bits per heavy atom. The van der Waals surface area contributed by atoms with Crippen molar-refractivity contribution < 1.29 is 4.42 Å². The molecule has 0 unspecified atom stereocenters. The number of hydrogen-bond donors (Lipinski definition) is 0. The standard InChI is InChI=1S/C45H30N2O/c1-3-13-33(14-4-1)40-28-29-41(34-15-5-2-6-16-34)47-45(46-40)39-22-11-23-42-43(39)38-21-10-20-37(44(38)48-42)32-26-24-31(25-27-32)36-19-9-17-30-12-7-8-18-35(30)36/h1-28H,29H2. The van der Waals surface area contributed by atoms with Crippen LogP contribution in [0.25, 0.3) is 60.7 Å². The number of nitrogens with zero attached hydrogens (tertiary/aromatic N) is 2. The number of benzene rings is 7. The Balaban J connectivity index is 1.18. The Labute approximate surface area is 278 Å². The summed E-state index contributed by atoms with van der Waals surface area (Å²) in [5.41, 5.74) is 11.3. The van der Waals surface area contributed by atoms with Crippen LogP contribution in [0.1, 0.15) is 23.1 Å². The topological polar surface area (TPSA) is 37.9 Å². The molecular weight excluding hydrogens is 585 g/mol. The Morgan fingerprint density at radius 3 is 1.85 bits per heavy atom. The Bertz CT molecular complexity index is 2550. The largest absolute Gasteiger partial charge is 0.455 e. The zero-order valence-corrected chi connectivity index (χ0v) is 26.2. The van der Waals surface area contributed by atoms with Gasteiger partial charge in [-0.1, -0.05) is 164 Å². The monoisotopic (exact) mass is 614 g/mol. The molecule has 0 spiro atoms. The second-order valence-corrected chi connectivity index (χ2v) is 12.1. The minimum absolute atomic E-state index is 0.680. The van der Waals surface area contributed by atoms with Crippen LogP contribution >= 0.6 is 0 Å². The van der Waals surface area contributed by atoms with Gasteiger partial charge >= 0.3 is 0 Å². The summed E-state index contributed by atoms with van der Waals surface area (Å²) in [5, 5.41) is 4.56. The van der Waals surface area contributed by atoms with E-state index in [0.717, 1.165) is 61.2 Å². The van der Waals surface area contributed by atoms with E-state index in [1.54, 1.807) is 0 Å². The highest BCUT2D eigenvalue weighted by Crippen LogP contribution is 2.39. The molecule has 48 heavy (non-hydrogen) atoms. The fourth-order valence-electron chi connectivity index (χ4n) is 6.84. The van der Waals surface area contributed by atoms with Crippen LogP contribution in [0.5, 0.6) is 0 Å². The first-order chi connectivity index (χ1) is 23.8. The second-order valence-electron chi connectivity index (χ2n) is 12.1. The number of fused-ring (bicyclic) bond motifs is 4.